The van der Waals surface area contributed by atoms with Crippen LogP contribution in [0.15, 0.2) is 60.0 Å². The van der Waals surface area contributed by atoms with Crippen molar-refractivity contribution < 1.29 is 19.1 Å². The van der Waals surface area contributed by atoms with E-state index >= 15 is 0 Å². The van der Waals surface area contributed by atoms with Gasteiger partial charge in [0.1, 0.15) is 13.2 Å². The van der Waals surface area contributed by atoms with Gasteiger partial charge in [-0.15, -0.1) is 11.3 Å². The van der Waals surface area contributed by atoms with E-state index < -0.39 is 5.92 Å². The zero-order valence-electron chi connectivity index (χ0n) is 18.6. The fourth-order valence-electron chi connectivity index (χ4n) is 4.59. The monoisotopic (exact) mass is 462 g/mol. The van der Waals surface area contributed by atoms with Crippen LogP contribution in [0.2, 0.25) is 0 Å². The minimum absolute atomic E-state index is 0.0268. The van der Waals surface area contributed by atoms with Crippen LogP contribution in [0.5, 0.6) is 11.5 Å². The Morgan fingerprint density at radius 3 is 2.64 bits per heavy atom. The molecule has 6 nitrogen and oxygen atoms in total. The van der Waals surface area contributed by atoms with Crippen LogP contribution in [0.3, 0.4) is 0 Å². The molecule has 1 aromatic heterocycles. The predicted octanol–water partition coefficient (Wildman–Crippen LogP) is 5.09. The number of hydrogen-bond acceptors (Lipinski definition) is 5. The molecule has 2 atom stereocenters. The van der Waals surface area contributed by atoms with Crippen molar-refractivity contribution in [2.45, 2.75) is 25.8 Å². The molecule has 170 valence electrons. The van der Waals surface area contributed by atoms with Crippen molar-refractivity contribution >= 4 is 28.8 Å². The number of anilines is 1. The van der Waals surface area contributed by atoms with Crippen LogP contribution in [0.25, 0.3) is 0 Å². The Morgan fingerprint density at radius 1 is 1.09 bits per heavy atom. The highest BCUT2D eigenvalue weighted by molar-refractivity contribution is 7.10. The molecule has 3 aromatic rings. The molecule has 0 saturated heterocycles. The summed E-state index contributed by atoms with van der Waals surface area (Å²) in [7, 11) is 0. The van der Waals surface area contributed by atoms with E-state index in [0.717, 1.165) is 10.4 Å². The van der Waals surface area contributed by atoms with Gasteiger partial charge in [0.25, 0.3) is 5.91 Å². The van der Waals surface area contributed by atoms with Crippen molar-refractivity contribution in [1.82, 2.24) is 4.90 Å². The maximum atomic E-state index is 13.8. The Morgan fingerprint density at radius 2 is 1.88 bits per heavy atom. The molecule has 0 fully saturated rings. The first-order chi connectivity index (χ1) is 16.0. The number of thiophene rings is 1. The molecule has 2 aromatic carbocycles. The highest BCUT2D eigenvalue weighted by Gasteiger charge is 2.44. The maximum Gasteiger partial charge on any atom is 0.254 e. The number of nitrogens with one attached hydrogen (secondary N) is 1. The Hall–Kier alpha value is -3.32. The summed E-state index contributed by atoms with van der Waals surface area (Å²) in [4.78, 5) is 30.2. The van der Waals surface area contributed by atoms with Gasteiger partial charge in [-0.3, -0.25) is 9.59 Å². The number of carbonyl (C=O) groups excluding carboxylic acids is 2. The number of fused-ring (bicyclic) bond motifs is 2. The second kappa shape index (κ2) is 8.90. The summed E-state index contributed by atoms with van der Waals surface area (Å²) in [6.07, 6.45) is 0. The minimum Gasteiger partial charge on any atom is -0.486 e. The molecule has 0 spiro atoms. The molecule has 3 heterocycles. The number of amides is 2. The summed E-state index contributed by atoms with van der Waals surface area (Å²) < 4.78 is 11.3. The smallest absolute Gasteiger partial charge is 0.254 e. The van der Waals surface area contributed by atoms with E-state index in [4.69, 9.17) is 9.47 Å². The van der Waals surface area contributed by atoms with E-state index in [-0.39, 0.29) is 23.8 Å². The number of hydrogen-bond donors (Lipinski definition) is 1. The lowest BCUT2D eigenvalue weighted by molar-refractivity contribution is -0.119. The number of carbonyl (C=O) groups is 2. The molecule has 2 amide bonds. The number of benzene rings is 2. The van der Waals surface area contributed by atoms with Crippen molar-refractivity contribution in [3.8, 4) is 11.5 Å². The van der Waals surface area contributed by atoms with Gasteiger partial charge in [-0.1, -0.05) is 38.1 Å². The van der Waals surface area contributed by atoms with Gasteiger partial charge < -0.3 is 19.7 Å². The second-order valence-corrected chi connectivity index (χ2v) is 9.70. The van der Waals surface area contributed by atoms with Crippen molar-refractivity contribution in [2.24, 2.45) is 5.92 Å². The number of rotatable bonds is 5. The summed E-state index contributed by atoms with van der Waals surface area (Å²) in [5, 5.41) is 5.07. The zero-order valence-corrected chi connectivity index (χ0v) is 19.4. The van der Waals surface area contributed by atoms with E-state index in [0.29, 0.717) is 42.5 Å². The van der Waals surface area contributed by atoms with Gasteiger partial charge in [0.2, 0.25) is 5.91 Å². The zero-order chi connectivity index (χ0) is 22.9. The summed E-state index contributed by atoms with van der Waals surface area (Å²) >= 11 is 1.57. The lowest BCUT2D eigenvalue weighted by Gasteiger charge is -2.42. The third-order valence-corrected chi connectivity index (χ3v) is 6.87. The number of nitrogens with zero attached hydrogens (tertiary/aromatic N) is 1. The quantitative estimate of drug-likeness (QED) is 0.573. The molecule has 0 saturated carbocycles. The van der Waals surface area contributed by atoms with Gasteiger partial charge >= 0.3 is 0 Å². The third-order valence-electron chi connectivity index (χ3n) is 5.93. The highest BCUT2D eigenvalue weighted by atomic mass is 32.1. The molecule has 7 heteroatoms. The van der Waals surface area contributed by atoms with Crippen LogP contribution >= 0.6 is 11.3 Å². The SMILES string of the molecule is CC(C)CN1C(=O)c2ccccc2C(C(=O)Nc2ccc3c(c2)OCCO3)C1c1cccs1. The summed E-state index contributed by atoms with van der Waals surface area (Å²) in [5.41, 5.74) is 1.99. The molecular formula is C26H26N2O4S. The Kier molecular flexibility index (Phi) is 5.81. The van der Waals surface area contributed by atoms with Crippen molar-refractivity contribution in [3.05, 3.63) is 76.0 Å². The maximum absolute atomic E-state index is 13.8. The summed E-state index contributed by atoms with van der Waals surface area (Å²) in [6, 6.07) is 16.5. The molecule has 2 aliphatic rings. The van der Waals surface area contributed by atoms with Crippen LogP contribution in [-0.4, -0.2) is 36.5 Å². The van der Waals surface area contributed by atoms with Crippen molar-refractivity contribution in [1.29, 1.82) is 0 Å². The predicted molar refractivity (Wildman–Crippen MR) is 128 cm³/mol. The second-order valence-electron chi connectivity index (χ2n) is 8.72. The van der Waals surface area contributed by atoms with Crippen LogP contribution in [-0.2, 0) is 4.79 Å². The Labute approximate surface area is 197 Å². The molecular weight excluding hydrogens is 436 g/mol. The molecule has 33 heavy (non-hydrogen) atoms. The molecule has 2 aliphatic heterocycles. The van der Waals surface area contributed by atoms with Gasteiger partial charge in [-0.25, -0.2) is 0 Å². The standard InChI is InChI=1S/C26H26N2O4S/c1-16(2)15-28-24(22-8-5-13-33-22)23(18-6-3-4-7-19(18)26(28)30)25(29)27-17-9-10-20-21(14-17)32-12-11-31-20/h3-10,13-14,16,23-24H,11-12,15H2,1-2H3,(H,27,29). The van der Waals surface area contributed by atoms with E-state index in [2.05, 4.69) is 19.2 Å². The molecule has 1 N–H and O–H groups in total. The van der Waals surface area contributed by atoms with E-state index in [1.165, 1.54) is 0 Å². The molecule has 2 unspecified atom stereocenters. The van der Waals surface area contributed by atoms with E-state index in [1.54, 1.807) is 17.4 Å². The van der Waals surface area contributed by atoms with Gasteiger partial charge in [0.05, 0.1) is 12.0 Å². The lowest BCUT2D eigenvalue weighted by Crippen LogP contribution is -2.47. The van der Waals surface area contributed by atoms with Crippen molar-refractivity contribution in [2.75, 3.05) is 25.1 Å². The Bertz CT molecular complexity index is 1170. The molecule has 0 bridgehead atoms. The van der Waals surface area contributed by atoms with E-state index in [1.807, 2.05) is 58.8 Å². The normalized spacial score (nSPS) is 19.4. The summed E-state index contributed by atoms with van der Waals surface area (Å²) in [5.74, 6) is 0.842. The molecule has 0 radical (unpaired) electrons. The van der Waals surface area contributed by atoms with E-state index in [9.17, 15) is 9.59 Å². The lowest BCUT2D eigenvalue weighted by atomic mass is 9.81. The average molecular weight is 463 g/mol. The average Bonchev–Trinajstić information content (AvgIpc) is 3.35. The highest BCUT2D eigenvalue weighted by Crippen LogP contribution is 2.45. The van der Waals surface area contributed by atoms with Gasteiger partial charge in [0.15, 0.2) is 11.5 Å². The fourth-order valence-corrected chi connectivity index (χ4v) is 5.46. The van der Waals surface area contributed by atoms with Crippen LogP contribution in [0.1, 0.15) is 46.6 Å². The first-order valence-corrected chi connectivity index (χ1v) is 12.0. The molecule has 0 aliphatic carbocycles. The molecule has 5 rings (SSSR count). The van der Waals surface area contributed by atoms with Crippen LogP contribution < -0.4 is 14.8 Å². The van der Waals surface area contributed by atoms with Gasteiger partial charge in [-0.05, 0) is 41.1 Å². The van der Waals surface area contributed by atoms with Crippen LogP contribution in [0.4, 0.5) is 5.69 Å². The summed E-state index contributed by atoms with van der Waals surface area (Å²) in [6.45, 7) is 5.74. The third kappa shape index (κ3) is 4.09. The van der Waals surface area contributed by atoms with Crippen LogP contribution in [0, 0.1) is 5.92 Å². The Balaban J connectivity index is 1.55. The first kappa shape index (κ1) is 21.5. The van der Waals surface area contributed by atoms with Crippen molar-refractivity contribution in [3.63, 3.8) is 0 Å². The number of ether oxygens (including phenoxy) is 2. The fraction of sp³-hybridized carbons (Fsp3) is 0.308. The van der Waals surface area contributed by atoms with Gasteiger partial charge in [-0.2, -0.15) is 0 Å². The first-order valence-electron chi connectivity index (χ1n) is 11.2. The van der Waals surface area contributed by atoms with Gasteiger partial charge in [0, 0.05) is 28.7 Å². The largest absolute Gasteiger partial charge is 0.486 e. The topological polar surface area (TPSA) is 67.9 Å². The minimum atomic E-state index is -0.537.